The Labute approximate surface area is 162 Å². The summed E-state index contributed by atoms with van der Waals surface area (Å²) in [6, 6.07) is 7.72. The van der Waals surface area contributed by atoms with Gasteiger partial charge in [-0.2, -0.15) is 0 Å². The fourth-order valence-corrected chi connectivity index (χ4v) is 4.90. The SMILES string of the molecule is O=C(c1ccco1)N1CCN(CCS(=O)(=O)c2cc(Cl)ccc2Cl)CC1. The van der Waals surface area contributed by atoms with Crippen molar-refractivity contribution in [1.82, 2.24) is 9.80 Å². The van der Waals surface area contributed by atoms with Crippen molar-refractivity contribution < 1.29 is 17.6 Å². The van der Waals surface area contributed by atoms with Gasteiger partial charge in [-0.05, 0) is 30.3 Å². The third-order valence-electron chi connectivity index (χ3n) is 4.30. The van der Waals surface area contributed by atoms with Gasteiger partial charge < -0.3 is 9.32 Å². The van der Waals surface area contributed by atoms with Gasteiger partial charge in [0.2, 0.25) is 0 Å². The fourth-order valence-electron chi connectivity index (χ4n) is 2.81. The highest BCUT2D eigenvalue weighted by atomic mass is 35.5. The van der Waals surface area contributed by atoms with E-state index in [1.54, 1.807) is 23.1 Å². The fraction of sp³-hybridized carbons (Fsp3) is 0.353. The van der Waals surface area contributed by atoms with Crippen molar-refractivity contribution in [3.05, 3.63) is 52.4 Å². The number of benzene rings is 1. The predicted molar refractivity (Wildman–Crippen MR) is 99.6 cm³/mol. The summed E-state index contributed by atoms with van der Waals surface area (Å²) in [5.74, 6) is 0.115. The molecular formula is C17H18Cl2N2O4S. The monoisotopic (exact) mass is 416 g/mol. The smallest absolute Gasteiger partial charge is 0.289 e. The lowest BCUT2D eigenvalue weighted by Gasteiger charge is -2.34. The Bertz CT molecular complexity index is 876. The van der Waals surface area contributed by atoms with E-state index in [4.69, 9.17) is 27.6 Å². The highest BCUT2D eigenvalue weighted by Crippen LogP contribution is 2.26. The van der Waals surface area contributed by atoms with E-state index >= 15 is 0 Å². The summed E-state index contributed by atoms with van der Waals surface area (Å²) in [5, 5.41) is 0.501. The van der Waals surface area contributed by atoms with E-state index in [0.717, 1.165) is 0 Å². The quantitative estimate of drug-likeness (QED) is 0.749. The second-order valence-corrected chi connectivity index (χ2v) is 8.93. The molecule has 26 heavy (non-hydrogen) atoms. The zero-order chi connectivity index (χ0) is 18.7. The number of sulfone groups is 1. The summed E-state index contributed by atoms with van der Waals surface area (Å²) in [4.78, 5) is 16.0. The van der Waals surface area contributed by atoms with E-state index in [1.165, 1.54) is 18.4 Å². The van der Waals surface area contributed by atoms with E-state index < -0.39 is 9.84 Å². The molecule has 1 aliphatic heterocycles. The van der Waals surface area contributed by atoms with Crippen LogP contribution in [-0.4, -0.2) is 62.6 Å². The van der Waals surface area contributed by atoms with Gasteiger partial charge in [-0.15, -0.1) is 0 Å². The van der Waals surface area contributed by atoms with Gasteiger partial charge in [0.1, 0.15) is 0 Å². The van der Waals surface area contributed by atoms with Gasteiger partial charge >= 0.3 is 0 Å². The average Bonchev–Trinajstić information content (AvgIpc) is 3.16. The molecule has 1 saturated heterocycles. The summed E-state index contributed by atoms with van der Waals surface area (Å²) in [7, 11) is -3.53. The van der Waals surface area contributed by atoms with Crippen LogP contribution in [0, 0.1) is 0 Å². The zero-order valence-electron chi connectivity index (χ0n) is 13.9. The molecule has 0 aliphatic carbocycles. The van der Waals surface area contributed by atoms with Crippen molar-refractivity contribution in [1.29, 1.82) is 0 Å². The number of rotatable bonds is 5. The van der Waals surface area contributed by atoms with Gasteiger partial charge in [-0.25, -0.2) is 8.42 Å². The van der Waals surface area contributed by atoms with Crippen molar-refractivity contribution in [2.75, 3.05) is 38.5 Å². The molecule has 0 bridgehead atoms. The number of carbonyl (C=O) groups excluding carboxylic acids is 1. The normalized spacial score (nSPS) is 16.0. The highest BCUT2D eigenvalue weighted by molar-refractivity contribution is 7.91. The Morgan fingerprint density at radius 3 is 2.50 bits per heavy atom. The summed E-state index contributed by atoms with van der Waals surface area (Å²) in [6.07, 6.45) is 1.47. The second-order valence-electron chi connectivity index (χ2n) is 6.00. The molecule has 1 amide bonds. The lowest BCUT2D eigenvalue weighted by molar-refractivity contribution is 0.0613. The van der Waals surface area contributed by atoms with Crippen LogP contribution < -0.4 is 0 Å². The first kappa shape index (κ1) is 19.2. The van der Waals surface area contributed by atoms with Crippen molar-refractivity contribution in [3.63, 3.8) is 0 Å². The Morgan fingerprint density at radius 2 is 1.85 bits per heavy atom. The van der Waals surface area contributed by atoms with Crippen LogP contribution in [0.3, 0.4) is 0 Å². The molecule has 140 valence electrons. The van der Waals surface area contributed by atoms with E-state index in [9.17, 15) is 13.2 Å². The van der Waals surface area contributed by atoms with Crippen LogP contribution in [0.15, 0.2) is 45.9 Å². The van der Waals surface area contributed by atoms with Gasteiger partial charge in [0, 0.05) is 37.7 Å². The molecule has 0 saturated carbocycles. The molecule has 0 atom stereocenters. The molecule has 1 fully saturated rings. The minimum atomic E-state index is -3.53. The van der Waals surface area contributed by atoms with Crippen LogP contribution >= 0.6 is 23.2 Å². The average molecular weight is 417 g/mol. The van der Waals surface area contributed by atoms with Gasteiger partial charge in [0.25, 0.3) is 5.91 Å². The maximum atomic E-state index is 12.5. The number of nitrogens with zero attached hydrogens (tertiary/aromatic N) is 2. The summed E-state index contributed by atoms with van der Waals surface area (Å²) < 4.78 is 30.2. The van der Waals surface area contributed by atoms with Gasteiger partial charge in [0.15, 0.2) is 15.6 Å². The van der Waals surface area contributed by atoms with Crippen molar-refractivity contribution in [2.24, 2.45) is 0 Å². The molecule has 1 aromatic carbocycles. The van der Waals surface area contributed by atoms with E-state index in [0.29, 0.717) is 43.5 Å². The highest BCUT2D eigenvalue weighted by Gasteiger charge is 2.25. The largest absolute Gasteiger partial charge is 0.459 e. The molecule has 9 heteroatoms. The van der Waals surface area contributed by atoms with Gasteiger partial charge in [-0.3, -0.25) is 9.69 Å². The lowest BCUT2D eigenvalue weighted by atomic mass is 10.3. The molecule has 0 spiro atoms. The van der Waals surface area contributed by atoms with Crippen LogP contribution in [0.1, 0.15) is 10.6 Å². The standard InChI is InChI=1S/C17H18Cl2N2O4S/c18-13-3-4-14(19)16(12-13)26(23,24)11-9-20-5-7-21(8-6-20)17(22)15-2-1-10-25-15/h1-4,10,12H,5-9,11H2. The molecule has 1 aromatic heterocycles. The van der Waals surface area contributed by atoms with Crippen molar-refractivity contribution in [3.8, 4) is 0 Å². The van der Waals surface area contributed by atoms with Crippen LogP contribution in [-0.2, 0) is 9.84 Å². The van der Waals surface area contributed by atoms with Crippen molar-refractivity contribution in [2.45, 2.75) is 4.90 Å². The van der Waals surface area contributed by atoms with Gasteiger partial charge in [-0.1, -0.05) is 23.2 Å². The molecule has 0 radical (unpaired) electrons. The molecule has 0 N–H and O–H groups in total. The zero-order valence-corrected chi connectivity index (χ0v) is 16.2. The maximum Gasteiger partial charge on any atom is 0.289 e. The number of amides is 1. The molecule has 2 aromatic rings. The lowest BCUT2D eigenvalue weighted by Crippen LogP contribution is -2.49. The number of halogens is 2. The van der Waals surface area contributed by atoms with Gasteiger partial charge in [0.05, 0.1) is 21.9 Å². The maximum absolute atomic E-state index is 12.5. The predicted octanol–water partition coefficient (Wildman–Crippen LogP) is 2.82. The topological polar surface area (TPSA) is 70.8 Å². The summed E-state index contributed by atoms with van der Waals surface area (Å²) >= 11 is 11.9. The number of hydrogen-bond acceptors (Lipinski definition) is 5. The molecular weight excluding hydrogens is 399 g/mol. The van der Waals surface area contributed by atoms with Crippen LogP contribution in [0.2, 0.25) is 10.0 Å². The molecule has 2 heterocycles. The Hall–Kier alpha value is -1.54. The summed E-state index contributed by atoms with van der Waals surface area (Å²) in [6.45, 7) is 2.62. The molecule has 1 aliphatic rings. The molecule has 3 rings (SSSR count). The third kappa shape index (κ3) is 4.40. The summed E-state index contributed by atoms with van der Waals surface area (Å²) in [5.41, 5.74) is 0. The van der Waals surface area contributed by atoms with E-state index in [2.05, 4.69) is 0 Å². The molecule has 0 unspecified atom stereocenters. The molecule has 6 nitrogen and oxygen atoms in total. The number of carbonyl (C=O) groups is 1. The second kappa shape index (κ2) is 8.00. The van der Waals surface area contributed by atoms with E-state index in [-0.39, 0.29) is 21.6 Å². The third-order valence-corrected chi connectivity index (χ3v) is 6.70. The Kier molecular flexibility index (Phi) is 5.92. The minimum absolute atomic E-state index is 0.0540. The van der Waals surface area contributed by atoms with Crippen molar-refractivity contribution >= 4 is 38.9 Å². The number of hydrogen-bond donors (Lipinski definition) is 0. The first-order valence-electron chi connectivity index (χ1n) is 8.10. The Morgan fingerprint density at radius 1 is 1.12 bits per heavy atom. The first-order valence-corrected chi connectivity index (χ1v) is 10.5. The van der Waals surface area contributed by atoms with Crippen LogP contribution in [0.25, 0.3) is 0 Å². The number of furan rings is 1. The van der Waals surface area contributed by atoms with E-state index in [1.807, 2.05) is 4.90 Å². The van der Waals surface area contributed by atoms with Crippen LogP contribution in [0.5, 0.6) is 0 Å². The first-order chi connectivity index (χ1) is 12.4. The van der Waals surface area contributed by atoms with Crippen LogP contribution in [0.4, 0.5) is 0 Å². The Balaban J connectivity index is 1.55. The minimum Gasteiger partial charge on any atom is -0.459 e. The number of piperazine rings is 1.